The maximum Gasteiger partial charge on any atom is 0.201 e. The highest BCUT2D eigenvalue weighted by Gasteiger charge is 2.24. The topological polar surface area (TPSA) is 43.8 Å². The molecule has 98 valence electrons. The molecule has 3 nitrogen and oxygen atoms in total. The Morgan fingerprint density at radius 1 is 1.39 bits per heavy atom. The zero-order valence-corrected chi connectivity index (χ0v) is 11.4. The van der Waals surface area contributed by atoms with E-state index in [4.69, 9.17) is 5.73 Å². The molecule has 2 rings (SSSR count). The van der Waals surface area contributed by atoms with Crippen LogP contribution >= 0.6 is 0 Å². The Morgan fingerprint density at radius 2 is 2.06 bits per heavy atom. The van der Waals surface area contributed by atoms with Crippen molar-refractivity contribution in [3.05, 3.63) is 24.0 Å². The van der Waals surface area contributed by atoms with Gasteiger partial charge >= 0.3 is 0 Å². The fourth-order valence-corrected chi connectivity index (χ4v) is 1.88. The average Bonchev–Trinajstić information content (AvgIpc) is 2.54. The Morgan fingerprint density at radius 3 is 2.67 bits per heavy atom. The van der Waals surface area contributed by atoms with Crippen LogP contribution in [0.4, 0.5) is 10.3 Å². The quantitative estimate of drug-likeness (QED) is 0.905. The summed E-state index contributed by atoms with van der Waals surface area (Å²) in [4.78, 5) is 4.22. The van der Waals surface area contributed by atoms with Crippen LogP contribution in [-0.2, 0) is 6.54 Å². The number of halogens is 1. The highest BCUT2D eigenvalue weighted by Crippen LogP contribution is 2.31. The fraction of sp³-hybridized carbons (Fsp3) is 0.500. The monoisotopic (exact) mass is 249 g/mol. The molecule has 18 heavy (non-hydrogen) atoms. The van der Waals surface area contributed by atoms with E-state index in [1.165, 1.54) is 12.1 Å². The molecule has 0 radical (unpaired) electrons. The number of hydrogen-bond acceptors (Lipinski definition) is 2. The average molecular weight is 249 g/mol. The molecule has 0 aliphatic carbocycles. The minimum Gasteiger partial charge on any atom is -0.369 e. The molecule has 0 atom stereocenters. The molecule has 0 aliphatic rings. The van der Waals surface area contributed by atoms with Gasteiger partial charge in [-0.05, 0) is 23.5 Å². The highest BCUT2D eigenvalue weighted by molar-refractivity contribution is 5.78. The number of aromatic nitrogens is 2. The summed E-state index contributed by atoms with van der Waals surface area (Å²) in [6.45, 7) is 9.56. The molecule has 0 unspecified atom stereocenters. The zero-order chi connectivity index (χ0) is 13.5. The lowest BCUT2D eigenvalue weighted by atomic mass is 9.81. The molecule has 0 aliphatic heterocycles. The first-order valence-electron chi connectivity index (χ1n) is 6.22. The second-order valence-corrected chi connectivity index (χ2v) is 5.83. The Hall–Kier alpha value is -1.58. The first-order chi connectivity index (χ1) is 8.31. The number of rotatable bonds is 3. The van der Waals surface area contributed by atoms with E-state index in [1.807, 2.05) is 4.57 Å². The normalized spacial score (nSPS) is 12.6. The molecule has 0 amide bonds. The third-order valence-electron chi connectivity index (χ3n) is 3.87. The molecule has 2 N–H and O–H groups in total. The van der Waals surface area contributed by atoms with Gasteiger partial charge in [0, 0.05) is 12.6 Å². The van der Waals surface area contributed by atoms with Gasteiger partial charge in [-0.2, -0.15) is 0 Å². The standard InChI is InChI=1S/C14H20FN3/c1-9(2)14(3,4)8-18-12-6-5-10(15)7-11(12)17-13(18)16/h5-7,9H,8H2,1-4H3,(H2,16,17). The van der Waals surface area contributed by atoms with Crippen LogP contribution in [0.25, 0.3) is 11.0 Å². The molecule has 0 saturated heterocycles. The van der Waals surface area contributed by atoms with Crippen LogP contribution < -0.4 is 5.73 Å². The number of imidazole rings is 1. The van der Waals surface area contributed by atoms with Gasteiger partial charge in [0.15, 0.2) is 0 Å². The molecule has 0 spiro atoms. The second kappa shape index (κ2) is 4.26. The molecule has 1 aromatic carbocycles. The number of fused-ring (bicyclic) bond motifs is 1. The van der Waals surface area contributed by atoms with Crippen molar-refractivity contribution in [2.24, 2.45) is 11.3 Å². The van der Waals surface area contributed by atoms with Gasteiger partial charge in [-0.15, -0.1) is 0 Å². The lowest BCUT2D eigenvalue weighted by Crippen LogP contribution is -2.26. The summed E-state index contributed by atoms with van der Waals surface area (Å²) >= 11 is 0. The summed E-state index contributed by atoms with van der Waals surface area (Å²) < 4.78 is 15.1. The molecule has 2 aromatic rings. The number of nitrogen functional groups attached to an aromatic ring is 1. The van der Waals surface area contributed by atoms with Crippen LogP contribution in [0.2, 0.25) is 0 Å². The van der Waals surface area contributed by atoms with Crippen molar-refractivity contribution in [3.8, 4) is 0 Å². The number of nitrogens with zero attached hydrogens (tertiary/aromatic N) is 2. The molecule has 4 heteroatoms. The first kappa shape index (κ1) is 12.9. The van der Waals surface area contributed by atoms with Crippen LogP contribution in [0, 0.1) is 17.2 Å². The van der Waals surface area contributed by atoms with Crippen LogP contribution in [0.5, 0.6) is 0 Å². The number of anilines is 1. The fourth-order valence-electron chi connectivity index (χ4n) is 1.88. The smallest absolute Gasteiger partial charge is 0.201 e. The van der Waals surface area contributed by atoms with Crippen molar-refractivity contribution in [3.63, 3.8) is 0 Å². The summed E-state index contributed by atoms with van der Waals surface area (Å²) in [5, 5.41) is 0. The third kappa shape index (κ3) is 2.19. The van der Waals surface area contributed by atoms with E-state index in [9.17, 15) is 4.39 Å². The Bertz CT molecular complexity index is 570. The van der Waals surface area contributed by atoms with Gasteiger partial charge in [-0.25, -0.2) is 9.37 Å². The van der Waals surface area contributed by atoms with E-state index in [0.29, 0.717) is 17.4 Å². The van der Waals surface area contributed by atoms with Gasteiger partial charge in [0.2, 0.25) is 5.95 Å². The van der Waals surface area contributed by atoms with Crippen LogP contribution in [0.1, 0.15) is 27.7 Å². The lowest BCUT2D eigenvalue weighted by Gasteiger charge is -2.30. The van der Waals surface area contributed by atoms with Gasteiger partial charge in [0.25, 0.3) is 0 Å². The molecule has 0 bridgehead atoms. The number of hydrogen-bond donors (Lipinski definition) is 1. The van der Waals surface area contributed by atoms with E-state index < -0.39 is 0 Å². The predicted molar refractivity (Wildman–Crippen MR) is 72.7 cm³/mol. The highest BCUT2D eigenvalue weighted by atomic mass is 19.1. The Labute approximate surface area is 107 Å². The largest absolute Gasteiger partial charge is 0.369 e. The minimum atomic E-state index is -0.282. The van der Waals surface area contributed by atoms with Crippen LogP contribution in [-0.4, -0.2) is 9.55 Å². The summed E-state index contributed by atoms with van der Waals surface area (Å²) in [6, 6.07) is 4.61. The summed E-state index contributed by atoms with van der Waals surface area (Å²) in [6.07, 6.45) is 0. The number of benzene rings is 1. The van der Waals surface area contributed by atoms with E-state index >= 15 is 0 Å². The van der Waals surface area contributed by atoms with Crippen LogP contribution in [0.15, 0.2) is 18.2 Å². The van der Waals surface area contributed by atoms with Gasteiger partial charge in [0.05, 0.1) is 11.0 Å². The molecule has 0 fully saturated rings. The maximum absolute atomic E-state index is 13.2. The van der Waals surface area contributed by atoms with Crippen molar-refractivity contribution in [2.45, 2.75) is 34.2 Å². The predicted octanol–water partition coefficient (Wildman–Crippen LogP) is 3.44. The third-order valence-corrected chi connectivity index (χ3v) is 3.87. The van der Waals surface area contributed by atoms with E-state index in [2.05, 4.69) is 32.7 Å². The second-order valence-electron chi connectivity index (χ2n) is 5.83. The molecular weight excluding hydrogens is 229 g/mol. The van der Waals surface area contributed by atoms with E-state index in [1.54, 1.807) is 6.07 Å². The van der Waals surface area contributed by atoms with Gasteiger partial charge in [0.1, 0.15) is 5.82 Å². The van der Waals surface area contributed by atoms with Gasteiger partial charge in [-0.3, -0.25) is 0 Å². The van der Waals surface area contributed by atoms with Crippen LogP contribution in [0.3, 0.4) is 0 Å². The van der Waals surface area contributed by atoms with Gasteiger partial charge < -0.3 is 10.3 Å². The van der Waals surface area contributed by atoms with Crippen molar-refractivity contribution in [1.82, 2.24) is 9.55 Å². The van der Waals surface area contributed by atoms with Gasteiger partial charge in [-0.1, -0.05) is 27.7 Å². The molecular formula is C14H20FN3. The van der Waals surface area contributed by atoms with Crippen molar-refractivity contribution in [1.29, 1.82) is 0 Å². The maximum atomic E-state index is 13.2. The Balaban J connectivity index is 2.48. The van der Waals surface area contributed by atoms with Crippen molar-refractivity contribution >= 4 is 17.0 Å². The summed E-state index contributed by atoms with van der Waals surface area (Å²) in [5.74, 6) is 0.689. The SMILES string of the molecule is CC(C)C(C)(C)Cn1c(N)nc2cc(F)ccc21. The number of nitrogens with two attached hydrogens (primary N) is 1. The summed E-state index contributed by atoms with van der Waals surface area (Å²) in [5.41, 5.74) is 7.56. The van der Waals surface area contributed by atoms with Crippen molar-refractivity contribution < 1.29 is 4.39 Å². The van der Waals surface area contributed by atoms with Crippen molar-refractivity contribution in [2.75, 3.05) is 5.73 Å². The molecule has 1 heterocycles. The molecule has 0 saturated carbocycles. The van der Waals surface area contributed by atoms with E-state index in [-0.39, 0.29) is 11.2 Å². The first-order valence-corrected chi connectivity index (χ1v) is 6.22. The Kier molecular flexibility index (Phi) is 3.05. The lowest BCUT2D eigenvalue weighted by molar-refractivity contribution is 0.214. The molecule has 1 aromatic heterocycles. The zero-order valence-electron chi connectivity index (χ0n) is 11.4. The minimum absolute atomic E-state index is 0.107. The summed E-state index contributed by atoms with van der Waals surface area (Å²) in [7, 11) is 0. The van der Waals surface area contributed by atoms with E-state index in [0.717, 1.165) is 12.1 Å².